The van der Waals surface area contributed by atoms with Crippen LogP contribution in [-0.4, -0.2) is 0 Å². The SMILES string of the molecule is C=CC(C)CCC(C)C=C.CC.CCCC. The lowest BCUT2D eigenvalue weighted by molar-refractivity contribution is 0.536. The second-order valence-electron chi connectivity index (χ2n) is 4.00. The van der Waals surface area contributed by atoms with E-state index in [4.69, 9.17) is 0 Å². The summed E-state index contributed by atoms with van der Waals surface area (Å²) in [6.45, 7) is 20.2. The predicted molar refractivity (Wildman–Crippen MR) is 79.9 cm³/mol. The number of allylic oxidation sites excluding steroid dienone is 2. The van der Waals surface area contributed by atoms with Crippen LogP contribution in [0.25, 0.3) is 0 Å². The summed E-state index contributed by atoms with van der Waals surface area (Å²) in [5, 5.41) is 0. The fourth-order valence-electron chi connectivity index (χ4n) is 0.761. The maximum Gasteiger partial charge on any atom is -0.0264 e. The number of rotatable bonds is 6. The molecule has 0 aliphatic rings. The highest BCUT2D eigenvalue weighted by Crippen LogP contribution is 2.12. The summed E-state index contributed by atoms with van der Waals surface area (Å²) in [5.41, 5.74) is 0. The van der Waals surface area contributed by atoms with E-state index in [1.54, 1.807) is 0 Å². The van der Waals surface area contributed by atoms with Crippen molar-refractivity contribution < 1.29 is 0 Å². The van der Waals surface area contributed by atoms with E-state index < -0.39 is 0 Å². The molecule has 0 saturated carbocycles. The van der Waals surface area contributed by atoms with Crippen LogP contribution in [0.15, 0.2) is 25.3 Å². The lowest BCUT2D eigenvalue weighted by Gasteiger charge is -2.07. The van der Waals surface area contributed by atoms with Crippen LogP contribution in [0.3, 0.4) is 0 Å². The molecule has 0 aromatic carbocycles. The van der Waals surface area contributed by atoms with Crippen molar-refractivity contribution in [3.8, 4) is 0 Å². The minimum absolute atomic E-state index is 0.655. The maximum absolute atomic E-state index is 3.74. The minimum atomic E-state index is 0.655. The zero-order valence-electron chi connectivity index (χ0n) is 12.6. The van der Waals surface area contributed by atoms with E-state index in [1.807, 2.05) is 26.0 Å². The fourth-order valence-corrected chi connectivity index (χ4v) is 0.761. The van der Waals surface area contributed by atoms with Gasteiger partial charge in [-0.2, -0.15) is 0 Å². The van der Waals surface area contributed by atoms with Crippen LogP contribution < -0.4 is 0 Å². The number of hydrogen-bond acceptors (Lipinski definition) is 0. The molecule has 0 aromatic heterocycles. The molecule has 0 N–H and O–H groups in total. The fraction of sp³-hybridized carbons (Fsp3) is 0.750. The van der Waals surface area contributed by atoms with Crippen LogP contribution in [0.1, 0.15) is 67.2 Å². The highest BCUT2D eigenvalue weighted by molar-refractivity contribution is 4.79. The third kappa shape index (κ3) is 23.4. The molecule has 0 amide bonds. The summed E-state index contributed by atoms with van der Waals surface area (Å²) < 4.78 is 0. The van der Waals surface area contributed by atoms with E-state index in [-0.39, 0.29) is 0 Å². The van der Waals surface area contributed by atoms with Gasteiger partial charge in [0.05, 0.1) is 0 Å². The van der Waals surface area contributed by atoms with Gasteiger partial charge in [0, 0.05) is 0 Å². The predicted octanol–water partition coefficient (Wildman–Crippen LogP) is 6.24. The van der Waals surface area contributed by atoms with Crippen LogP contribution in [0, 0.1) is 11.8 Å². The first kappa shape index (κ1) is 20.8. The average molecular weight is 226 g/mol. The molecule has 0 spiro atoms. The molecule has 0 heteroatoms. The van der Waals surface area contributed by atoms with Crippen molar-refractivity contribution >= 4 is 0 Å². The van der Waals surface area contributed by atoms with Crippen molar-refractivity contribution in [2.24, 2.45) is 11.8 Å². The third-order valence-electron chi connectivity index (χ3n) is 2.38. The molecule has 0 radical (unpaired) electrons. The first-order valence-corrected chi connectivity index (χ1v) is 6.87. The first-order valence-electron chi connectivity index (χ1n) is 6.87. The van der Waals surface area contributed by atoms with Gasteiger partial charge in [-0.25, -0.2) is 0 Å². The molecule has 16 heavy (non-hydrogen) atoms. The van der Waals surface area contributed by atoms with Crippen molar-refractivity contribution in [3.63, 3.8) is 0 Å². The van der Waals surface area contributed by atoms with E-state index in [9.17, 15) is 0 Å². The van der Waals surface area contributed by atoms with Gasteiger partial charge in [0.1, 0.15) is 0 Å². The Hall–Kier alpha value is -0.520. The summed E-state index contributed by atoms with van der Waals surface area (Å²) in [7, 11) is 0. The highest BCUT2D eigenvalue weighted by atomic mass is 14.0. The molecule has 2 unspecified atom stereocenters. The molecule has 0 aliphatic carbocycles. The summed E-state index contributed by atoms with van der Waals surface area (Å²) in [6.07, 6.45) is 9.12. The van der Waals surface area contributed by atoms with Gasteiger partial charge >= 0.3 is 0 Å². The summed E-state index contributed by atoms with van der Waals surface area (Å²) in [5.74, 6) is 1.31. The molecule has 0 heterocycles. The Morgan fingerprint density at radius 3 is 1.19 bits per heavy atom. The van der Waals surface area contributed by atoms with Crippen molar-refractivity contribution in [1.82, 2.24) is 0 Å². The van der Waals surface area contributed by atoms with E-state index >= 15 is 0 Å². The zero-order valence-corrected chi connectivity index (χ0v) is 12.6. The molecule has 98 valence electrons. The molecule has 0 aliphatic heterocycles. The highest BCUT2D eigenvalue weighted by Gasteiger charge is 1.99. The van der Waals surface area contributed by atoms with Crippen LogP contribution in [0.5, 0.6) is 0 Å². The minimum Gasteiger partial charge on any atom is -0.103 e. The Labute approximate surface area is 105 Å². The largest absolute Gasteiger partial charge is 0.103 e. The lowest BCUT2D eigenvalue weighted by atomic mass is 9.98. The van der Waals surface area contributed by atoms with Crippen LogP contribution in [-0.2, 0) is 0 Å². The van der Waals surface area contributed by atoms with E-state index in [0.717, 1.165) is 0 Å². The van der Waals surface area contributed by atoms with E-state index in [0.29, 0.717) is 11.8 Å². The molecule has 0 aromatic rings. The third-order valence-corrected chi connectivity index (χ3v) is 2.38. The normalized spacial score (nSPS) is 12.1. The van der Waals surface area contributed by atoms with Crippen molar-refractivity contribution in [2.75, 3.05) is 0 Å². The Bertz CT molecular complexity index is 108. The Morgan fingerprint density at radius 2 is 1.06 bits per heavy atom. The van der Waals surface area contributed by atoms with Crippen molar-refractivity contribution in [3.05, 3.63) is 25.3 Å². The molecule has 0 saturated heterocycles. The molecule has 0 nitrogen and oxygen atoms in total. The zero-order chi connectivity index (χ0) is 13.4. The summed E-state index contributed by atoms with van der Waals surface area (Å²) in [6, 6.07) is 0. The first-order chi connectivity index (χ1) is 7.62. The van der Waals surface area contributed by atoms with Gasteiger partial charge in [0.25, 0.3) is 0 Å². The van der Waals surface area contributed by atoms with Gasteiger partial charge in [-0.3, -0.25) is 0 Å². The van der Waals surface area contributed by atoms with Gasteiger partial charge in [-0.15, -0.1) is 13.2 Å². The van der Waals surface area contributed by atoms with Gasteiger partial charge in [-0.05, 0) is 24.7 Å². The van der Waals surface area contributed by atoms with Gasteiger partial charge in [0.15, 0.2) is 0 Å². The smallest absolute Gasteiger partial charge is 0.0264 e. The Kier molecular flexibility index (Phi) is 26.0. The second-order valence-corrected chi connectivity index (χ2v) is 4.00. The lowest BCUT2D eigenvalue weighted by Crippen LogP contribution is -1.94. The number of hydrogen-bond donors (Lipinski definition) is 0. The van der Waals surface area contributed by atoms with Crippen LogP contribution in [0.4, 0.5) is 0 Å². The maximum atomic E-state index is 3.74. The Morgan fingerprint density at radius 1 is 0.812 bits per heavy atom. The average Bonchev–Trinajstić information content (AvgIpc) is 2.37. The van der Waals surface area contributed by atoms with Gasteiger partial charge in [0.2, 0.25) is 0 Å². The molecular weight excluding hydrogens is 192 g/mol. The van der Waals surface area contributed by atoms with E-state index in [1.165, 1.54) is 25.7 Å². The van der Waals surface area contributed by atoms with Crippen LogP contribution >= 0.6 is 0 Å². The Balaban J connectivity index is -0.000000237. The summed E-state index contributed by atoms with van der Waals surface area (Å²) in [4.78, 5) is 0. The van der Waals surface area contributed by atoms with Gasteiger partial charge in [-0.1, -0.05) is 66.5 Å². The van der Waals surface area contributed by atoms with Gasteiger partial charge < -0.3 is 0 Å². The van der Waals surface area contributed by atoms with E-state index in [2.05, 4.69) is 40.9 Å². The standard InChI is InChI=1S/C10H18.C4H10.C2H6/c1-5-9(3)7-8-10(4)6-2;1-3-4-2;1-2/h5-6,9-10H,1-2,7-8H2,3-4H3;3-4H2,1-2H3;1-2H3. The molecule has 0 bridgehead atoms. The molecule has 0 rings (SSSR count). The molecular formula is C16H34. The van der Waals surface area contributed by atoms with Crippen molar-refractivity contribution in [2.45, 2.75) is 67.2 Å². The number of unbranched alkanes of at least 4 members (excludes halogenated alkanes) is 1. The molecule has 2 atom stereocenters. The monoisotopic (exact) mass is 226 g/mol. The molecule has 0 fully saturated rings. The second kappa shape index (κ2) is 20.0. The van der Waals surface area contributed by atoms with Crippen LogP contribution in [0.2, 0.25) is 0 Å². The quantitative estimate of drug-likeness (QED) is 0.470. The van der Waals surface area contributed by atoms with Crippen molar-refractivity contribution in [1.29, 1.82) is 0 Å². The topological polar surface area (TPSA) is 0 Å². The summed E-state index contributed by atoms with van der Waals surface area (Å²) >= 11 is 0.